The van der Waals surface area contributed by atoms with Crippen LogP contribution in [-0.4, -0.2) is 22.0 Å². The number of hydrogen-bond donors (Lipinski definition) is 1. The first-order valence-corrected chi connectivity index (χ1v) is 11.5. The van der Waals surface area contributed by atoms with Crippen LogP contribution in [0.15, 0.2) is 77.1 Å². The first-order valence-electron chi connectivity index (χ1n) is 10.3. The summed E-state index contributed by atoms with van der Waals surface area (Å²) >= 11 is 7.57. The number of para-hydroxylation sites is 2. The Morgan fingerprint density at radius 1 is 1.15 bits per heavy atom. The number of benzene rings is 3. The molecule has 1 aliphatic heterocycles. The number of aromatic nitrogens is 1. The van der Waals surface area contributed by atoms with E-state index in [1.165, 1.54) is 17.4 Å². The minimum Gasteiger partial charge on any atom is -0.482 e. The first-order chi connectivity index (χ1) is 16.5. The van der Waals surface area contributed by atoms with Gasteiger partial charge in [-0.05, 0) is 42.0 Å². The molecule has 3 aromatic carbocycles. The van der Waals surface area contributed by atoms with E-state index in [2.05, 4.69) is 10.3 Å². The Hall–Kier alpha value is -3.95. The molecule has 0 fully saturated rings. The van der Waals surface area contributed by atoms with E-state index in [0.29, 0.717) is 27.8 Å². The number of ether oxygens (including phenoxy) is 1. The molecule has 4 aromatic rings. The zero-order chi connectivity index (χ0) is 23.7. The van der Waals surface area contributed by atoms with Gasteiger partial charge in [0.25, 0.3) is 11.6 Å². The van der Waals surface area contributed by atoms with E-state index in [9.17, 15) is 14.9 Å². The van der Waals surface area contributed by atoms with Crippen molar-refractivity contribution in [2.24, 2.45) is 4.99 Å². The molecule has 2 heterocycles. The van der Waals surface area contributed by atoms with Crippen LogP contribution in [-0.2, 0) is 11.3 Å². The second kappa shape index (κ2) is 9.12. The number of nitro groups is 1. The van der Waals surface area contributed by atoms with Gasteiger partial charge in [0.1, 0.15) is 11.4 Å². The molecule has 5 rings (SSSR count). The average Bonchev–Trinajstić information content (AvgIpc) is 3.20. The number of carbonyl (C=O) groups excluding carboxylic acids is 1. The van der Waals surface area contributed by atoms with Gasteiger partial charge in [0.05, 0.1) is 22.8 Å². The number of nitro benzene ring substituents is 1. The lowest BCUT2D eigenvalue weighted by Crippen LogP contribution is -2.25. The highest BCUT2D eigenvalue weighted by Gasteiger charge is 2.19. The van der Waals surface area contributed by atoms with Crippen LogP contribution in [0.5, 0.6) is 5.75 Å². The molecule has 0 bridgehead atoms. The molecule has 0 unspecified atom stereocenters. The van der Waals surface area contributed by atoms with Gasteiger partial charge < -0.3 is 14.6 Å². The Bertz CT molecular complexity index is 1490. The summed E-state index contributed by atoms with van der Waals surface area (Å²) in [5.74, 6) is 0.388. The maximum Gasteiger partial charge on any atom is 0.294 e. The number of rotatable bonds is 5. The summed E-state index contributed by atoms with van der Waals surface area (Å²) in [6.07, 6.45) is 0. The Kier molecular flexibility index (Phi) is 5.87. The molecule has 0 aliphatic carbocycles. The highest BCUT2D eigenvalue weighted by Crippen LogP contribution is 2.33. The maximum absolute atomic E-state index is 11.8. The Morgan fingerprint density at radius 2 is 2.00 bits per heavy atom. The SMILES string of the molecule is O=C1COc2ccc(-c3csc(=Nc4ccccc4[N+](=O)[O-])n3Cc3cccc(Cl)c3)cc2N1. The van der Waals surface area contributed by atoms with Crippen molar-refractivity contribution >= 4 is 45.9 Å². The van der Waals surface area contributed by atoms with Crippen molar-refractivity contribution in [2.45, 2.75) is 6.54 Å². The summed E-state index contributed by atoms with van der Waals surface area (Å²) in [5.41, 5.74) is 3.42. The normalized spacial score (nSPS) is 13.2. The van der Waals surface area contributed by atoms with Crippen molar-refractivity contribution in [3.63, 3.8) is 0 Å². The monoisotopic (exact) mass is 492 g/mol. The Labute approximate surface area is 202 Å². The van der Waals surface area contributed by atoms with Crippen LogP contribution in [0.4, 0.5) is 17.1 Å². The fraction of sp³-hybridized carbons (Fsp3) is 0.0833. The number of thiazole rings is 1. The molecule has 10 heteroatoms. The lowest BCUT2D eigenvalue weighted by molar-refractivity contribution is -0.384. The second-order valence-corrected chi connectivity index (χ2v) is 8.80. The molecular weight excluding hydrogens is 476 g/mol. The van der Waals surface area contributed by atoms with Gasteiger partial charge in [0.15, 0.2) is 11.4 Å². The van der Waals surface area contributed by atoms with Crippen molar-refractivity contribution in [2.75, 3.05) is 11.9 Å². The van der Waals surface area contributed by atoms with Crippen LogP contribution >= 0.6 is 22.9 Å². The number of fused-ring (bicyclic) bond motifs is 1. The zero-order valence-electron chi connectivity index (χ0n) is 17.6. The van der Waals surface area contributed by atoms with Crippen LogP contribution in [0.1, 0.15) is 5.56 Å². The Morgan fingerprint density at radius 3 is 2.82 bits per heavy atom. The summed E-state index contributed by atoms with van der Waals surface area (Å²) in [7, 11) is 0. The van der Waals surface area contributed by atoms with Crippen molar-refractivity contribution in [1.29, 1.82) is 0 Å². The highest BCUT2D eigenvalue weighted by molar-refractivity contribution is 7.07. The molecule has 0 saturated heterocycles. The molecule has 34 heavy (non-hydrogen) atoms. The number of nitrogens with one attached hydrogen (secondary N) is 1. The van der Waals surface area contributed by atoms with E-state index < -0.39 is 4.92 Å². The van der Waals surface area contributed by atoms with Crippen molar-refractivity contribution in [3.05, 3.63) is 97.6 Å². The maximum atomic E-state index is 11.8. The Balaban J connectivity index is 1.66. The molecule has 170 valence electrons. The van der Waals surface area contributed by atoms with Crippen LogP contribution in [0.25, 0.3) is 11.3 Å². The minimum absolute atomic E-state index is 0.0154. The van der Waals surface area contributed by atoms with Gasteiger partial charge in [-0.15, -0.1) is 11.3 Å². The molecular formula is C24H17ClN4O4S. The summed E-state index contributed by atoms with van der Waals surface area (Å²) in [6.45, 7) is 0.428. The molecule has 0 radical (unpaired) electrons. The van der Waals surface area contributed by atoms with E-state index >= 15 is 0 Å². The van der Waals surface area contributed by atoms with Gasteiger partial charge in [0, 0.05) is 22.0 Å². The van der Waals surface area contributed by atoms with Crippen LogP contribution in [0.2, 0.25) is 5.02 Å². The van der Waals surface area contributed by atoms with Gasteiger partial charge >= 0.3 is 0 Å². The van der Waals surface area contributed by atoms with Crippen molar-refractivity contribution in [3.8, 4) is 17.0 Å². The fourth-order valence-electron chi connectivity index (χ4n) is 3.68. The van der Waals surface area contributed by atoms with E-state index in [4.69, 9.17) is 16.3 Å². The van der Waals surface area contributed by atoms with E-state index in [1.807, 2.05) is 46.3 Å². The molecule has 1 aromatic heterocycles. The molecule has 0 atom stereocenters. The third-order valence-corrected chi connectivity index (χ3v) is 6.33. The molecule has 1 N–H and O–H groups in total. The topological polar surface area (TPSA) is 98.8 Å². The van der Waals surface area contributed by atoms with Crippen LogP contribution < -0.4 is 14.9 Å². The van der Waals surface area contributed by atoms with Gasteiger partial charge in [-0.3, -0.25) is 14.9 Å². The molecule has 8 nitrogen and oxygen atoms in total. The van der Waals surface area contributed by atoms with Gasteiger partial charge in [-0.1, -0.05) is 35.9 Å². The smallest absolute Gasteiger partial charge is 0.294 e. The molecule has 0 spiro atoms. The third-order valence-electron chi connectivity index (χ3n) is 5.23. The average molecular weight is 493 g/mol. The molecule has 1 amide bonds. The van der Waals surface area contributed by atoms with Crippen LogP contribution in [0, 0.1) is 10.1 Å². The predicted molar refractivity (Wildman–Crippen MR) is 131 cm³/mol. The fourth-order valence-corrected chi connectivity index (χ4v) is 4.81. The largest absolute Gasteiger partial charge is 0.482 e. The quantitative estimate of drug-likeness (QED) is 0.298. The third kappa shape index (κ3) is 4.43. The second-order valence-electron chi connectivity index (χ2n) is 7.53. The summed E-state index contributed by atoms with van der Waals surface area (Å²) in [5, 5.41) is 16.9. The summed E-state index contributed by atoms with van der Waals surface area (Å²) in [4.78, 5) is 28.1. The first kappa shape index (κ1) is 21.9. The lowest BCUT2D eigenvalue weighted by atomic mass is 10.1. The van der Waals surface area contributed by atoms with E-state index in [0.717, 1.165) is 16.8 Å². The number of hydrogen-bond acceptors (Lipinski definition) is 6. The number of nitrogens with zero attached hydrogens (tertiary/aromatic N) is 3. The van der Waals surface area contributed by atoms with Gasteiger partial charge in [-0.25, -0.2) is 4.99 Å². The predicted octanol–water partition coefficient (Wildman–Crippen LogP) is 5.39. The standard InChI is InChI=1S/C24H17ClN4O4S/c25-17-5-3-4-15(10-17)12-28-21(16-8-9-22-19(11-16)26-23(30)13-33-22)14-34-24(28)27-18-6-1-2-7-20(18)29(31)32/h1-11,14H,12-13H2,(H,26,30). The van der Waals surface area contributed by atoms with Gasteiger partial charge in [0.2, 0.25) is 0 Å². The highest BCUT2D eigenvalue weighted by atomic mass is 35.5. The van der Waals surface area contributed by atoms with Crippen molar-refractivity contribution < 1.29 is 14.5 Å². The van der Waals surface area contributed by atoms with Crippen molar-refractivity contribution in [1.82, 2.24) is 4.57 Å². The lowest BCUT2D eigenvalue weighted by Gasteiger charge is -2.19. The van der Waals surface area contributed by atoms with Gasteiger partial charge in [-0.2, -0.15) is 0 Å². The van der Waals surface area contributed by atoms with E-state index in [1.54, 1.807) is 24.3 Å². The molecule has 1 aliphatic rings. The van der Waals surface area contributed by atoms with E-state index in [-0.39, 0.29) is 23.9 Å². The minimum atomic E-state index is -0.444. The number of amides is 1. The molecule has 0 saturated carbocycles. The van der Waals surface area contributed by atoms with Crippen LogP contribution in [0.3, 0.4) is 0 Å². The summed E-state index contributed by atoms with van der Waals surface area (Å²) < 4.78 is 7.44. The number of anilines is 1. The number of carbonyl (C=O) groups is 1. The summed E-state index contributed by atoms with van der Waals surface area (Å²) in [6, 6.07) is 19.4. The zero-order valence-corrected chi connectivity index (χ0v) is 19.2. The number of halogens is 1.